The molecule has 0 saturated carbocycles. The molecule has 128 valence electrons. The van der Waals surface area contributed by atoms with Gasteiger partial charge in [-0.05, 0) is 36.2 Å². The number of benzene rings is 1. The van der Waals surface area contributed by atoms with Crippen LogP contribution in [0.1, 0.15) is 54.6 Å². The number of amides is 1. The van der Waals surface area contributed by atoms with Crippen molar-refractivity contribution in [1.82, 2.24) is 10.5 Å². The minimum absolute atomic E-state index is 0.120. The lowest BCUT2D eigenvalue weighted by Crippen LogP contribution is -2.30. The molecule has 4 nitrogen and oxygen atoms in total. The molecule has 0 spiro atoms. The first-order valence-electron chi connectivity index (χ1n) is 8.74. The third kappa shape index (κ3) is 3.69. The van der Waals surface area contributed by atoms with Crippen molar-refractivity contribution < 1.29 is 9.32 Å². The van der Waals surface area contributed by atoms with E-state index < -0.39 is 0 Å². The van der Waals surface area contributed by atoms with Crippen molar-refractivity contribution in [2.45, 2.75) is 46.5 Å². The maximum atomic E-state index is 12.5. The fraction of sp³-hybridized carbons (Fsp3) is 0.500. The largest absolute Gasteiger partial charge is 0.360 e. The molecule has 0 bridgehead atoms. The van der Waals surface area contributed by atoms with E-state index in [2.05, 4.69) is 43.4 Å². The van der Waals surface area contributed by atoms with Crippen molar-refractivity contribution in [3.8, 4) is 0 Å². The molecule has 0 fully saturated rings. The number of carbonyl (C=O) groups is 1. The monoisotopic (exact) mass is 326 g/mol. The Morgan fingerprint density at radius 1 is 1.29 bits per heavy atom. The van der Waals surface area contributed by atoms with E-state index in [9.17, 15) is 4.79 Å². The molecular weight excluding hydrogens is 300 g/mol. The van der Waals surface area contributed by atoms with E-state index in [1.165, 1.54) is 5.56 Å². The van der Waals surface area contributed by atoms with Gasteiger partial charge in [-0.2, -0.15) is 0 Å². The van der Waals surface area contributed by atoms with E-state index in [-0.39, 0.29) is 11.3 Å². The first-order chi connectivity index (χ1) is 11.4. The Bertz CT molecular complexity index is 698. The molecule has 0 unspecified atom stereocenters. The van der Waals surface area contributed by atoms with Gasteiger partial charge in [-0.3, -0.25) is 4.79 Å². The highest BCUT2D eigenvalue weighted by Gasteiger charge is 2.33. The molecule has 1 aromatic carbocycles. The van der Waals surface area contributed by atoms with Crippen LogP contribution in [0.5, 0.6) is 0 Å². The molecular formula is C20H26N2O2. The molecule has 1 heterocycles. The molecule has 4 heteroatoms. The Morgan fingerprint density at radius 3 is 2.75 bits per heavy atom. The number of fused-ring (bicyclic) bond motifs is 1. The predicted molar refractivity (Wildman–Crippen MR) is 94.0 cm³/mol. The summed E-state index contributed by atoms with van der Waals surface area (Å²) >= 11 is 0. The van der Waals surface area contributed by atoms with E-state index in [1.54, 1.807) is 0 Å². The maximum Gasteiger partial charge on any atom is 0.273 e. The van der Waals surface area contributed by atoms with Gasteiger partial charge in [0, 0.05) is 18.5 Å². The molecule has 1 atom stereocenters. The van der Waals surface area contributed by atoms with Crippen molar-refractivity contribution in [2.75, 3.05) is 6.54 Å². The summed E-state index contributed by atoms with van der Waals surface area (Å²) in [5.74, 6) is 1.33. The van der Waals surface area contributed by atoms with Crippen LogP contribution in [0.4, 0.5) is 0 Å². The van der Waals surface area contributed by atoms with Gasteiger partial charge >= 0.3 is 0 Å². The second-order valence-electron chi connectivity index (χ2n) is 7.73. The van der Waals surface area contributed by atoms with E-state index in [0.717, 1.165) is 37.0 Å². The highest BCUT2D eigenvalue weighted by atomic mass is 16.5. The van der Waals surface area contributed by atoms with Crippen molar-refractivity contribution in [3.63, 3.8) is 0 Å². The summed E-state index contributed by atoms with van der Waals surface area (Å²) in [6, 6.07) is 10.2. The third-order valence-electron chi connectivity index (χ3n) is 5.02. The Hall–Kier alpha value is -2.10. The summed E-state index contributed by atoms with van der Waals surface area (Å²) in [4.78, 5) is 12.5. The van der Waals surface area contributed by atoms with Gasteiger partial charge in [0.25, 0.3) is 5.91 Å². The molecule has 1 amide bonds. The zero-order valence-electron chi connectivity index (χ0n) is 14.8. The summed E-state index contributed by atoms with van der Waals surface area (Å²) in [6.45, 7) is 7.38. The van der Waals surface area contributed by atoms with Crippen LogP contribution in [0.3, 0.4) is 0 Å². The van der Waals surface area contributed by atoms with Crippen molar-refractivity contribution in [2.24, 2.45) is 11.3 Å². The lowest BCUT2D eigenvalue weighted by Gasteiger charge is -2.33. The number of aryl methyl sites for hydroxylation is 1. The molecule has 1 aromatic heterocycles. The minimum Gasteiger partial charge on any atom is -0.360 e. The Labute approximate surface area is 143 Å². The quantitative estimate of drug-likeness (QED) is 0.930. The minimum atomic E-state index is -0.120. The van der Waals surface area contributed by atoms with Crippen LogP contribution < -0.4 is 5.32 Å². The third-order valence-corrected chi connectivity index (χ3v) is 5.02. The number of carbonyl (C=O) groups excluding carboxylic acids is 1. The Morgan fingerprint density at radius 2 is 2.04 bits per heavy atom. The van der Waals surface area contributed by atoms with Crippen molar-refractivity contribution in [3.05, 3.63) is 52.9 Å². The van der Waals surface area contributed by atoms with Crippen LogP contribution in [0.2, 0.25) is 0 Å². The van der Waals surface area contributed by atoms with Gasteiger partial charge in [0.15, 0.2) is 5.69 Å². The average Bonchev–Trinajstić information content (AvgIpc) is 2.98. The summed E-state index contributed by atoms with van der Waals surface area (Å²) in [5.41, 5.74) is 2.94. The van der Waals surface area contributed by atoms with Gasteiger partial charge in [-0.1, -0.05) is 56.3 Å². The predicted octanol–water partition coefficient (Wildman–Crippen LogP) is 3.80. The van der Waals surface area contributed by atoms with Crippen molar-refractivity contribution in [1.29, 1.82) is 0 Å². The van der Waals surface area contributed by atoms with Gasteiger partial charge in [-0.15, -0.1) is 0 Å². The fourth-order valence-electron chi connectivity index (χ4n) is 3.37. The standard InChI is InChI=1S/C20H26N2O2/c1-20(2,3)15-9-10-17-16(13-15)18(22-24-17)19(23)21-12-11-14-7-5-4-6-8-14/h4-8,15H,9-13H2,1-3H3,(H,21,23)/t15-/m0/s1. The van der Waals surface area contributed by atoms with E-state index in [1.807, 2.05) is 18.2 Å². The molecule has 0 aliphatic heterocycles. The summed E-state index contributed by atoms with van der Waals surface area (Å²) in [7, 11) is 0. The van der Waals surface area contributed by atoms with Gasteiger partial charge in [0.1, 0.15) is 5.76 Å². The average molecular weight is 326 g/mol. The summed E-state index contributed by atoms with van der Waals surface area (Å²) in [6.07, 6.45) is 3.67. The zero-order valence-corrected chi connectivity index (χ0v) is 14.8. The second kappa shape index (κ2) is 6.80. The Balaban J connectivity index is 1.63. The Kier molecular flexibility index (Phi) is 4.74. The fourth-order valence-corrected chi connectivity index (χ4v) is 3.37. The summed E-state index contributed by atoms with van der Waals surface area (Å²) < 4.78 is 5.42. The maximum absolute atomic E-state index is 12.5. The van der Waals surface area contributed by atoms with Gasteiger partial charge < -0.3 is 9.84 Å². The molecule has 2 aromatic rings. The lowest BCUT2D eigenvalue weighted by molar-refractivity contribution is 0.0943. The second-order valence-corrected chi connectivity index (χ2v) is 7.73. The van der Waals surface area contributed by atoms with Crippen LogP contribution >= 0.6 is 0 Å². The number of nitrogens with one attached hydrogen (secondary N) is 1. The highest BCUT2D eigenvalue weighted by Crippen LogP contribution is 2.38. The summed E-state index contributed by atoms with van der Waals surface area (Å²) in [5, 5.41) is 7.03. The van der Waals surface area contributed by atoms with Crippen LogP contribution in [0.25, 0.3) is 0 Å². The highest BCUT2D eigenvalue weighted by molar-refractivity contribution is 5.93. The molecule has 0 saturated heterocycles. The number of rotatable bonds is 4. The molecule has 0 radical (unpaired) electrons. The van der Waals surface area contributed by atoms with Crippen LogP contribution in [0, 0.1) is 11.3 Å². The number of hydrogen-bond acceptors (Lipinski definition) is 3. The number of hydrogen-bond donors (Lipinski definition) is 1. The SMILES string of the molecule is CC(C)(C)[C@H]1CCc2onc(C(=O)NCCc3ccccc3)c2C1. The normalized spacial score (nSPS) is 17.4. The topological polar surface area (TPSA) is 55.1 Å². The smallest absolute Gasteiger partial charge is 0.273 e. The van der Waals surface area contributed by atoms with E-state index in [0.29, 0.717) is 18.2 Å². The first kappa shape index (κ1) is 16.7. The molecule has 1 N–H and O–H groups in total. The first-order valence-corrected chi connectivity index (χ1v) is 8.74. The van der Waals surface area contributed by atoms with Gasteiger partial charge in [0.05, 0.1) is 0 Å². The van der Waals surface area contributed by atoms with E-state index >= 15 is 0 Å². The van der Waals surface area contributed by atoms with Crippen LogP contribution in [0.15, 0.2) is 34.9 Å². The van der Waals surface area contributed by atoms with Gasteiger partial charge in [-0.25, -0.2) is 0 Å². The zero-order chi connectivity index (χ0) is 17.2. The van der Waals surface area contributed by atoms with Crippen molar-refractivity contribution >= 4 is 5.91 Å². The van der Waals surface area contributed by atoms with Gasteiger partial charge in [0.2, 0.25) is 0 Å². The van der Waals surface area contributed by atoms with Crippen LogP contribution in [-0.4, -0.2) is 17.6 Å². The lowest BCUT2D eigenvalue weighted by atomic mass is 9.71. The van der Waals surface area contributed by atoms with E-state index in [4.69, 9.17) is 4.52 Å². The van der Waals surface area contributed by atoms with Crippen LogP contribution in [-0.2, 0) is 19.3 Å². The molecule has 3 rings (SSSR count). The molecule has 1 aliphatic rings. The number of aromatic nitrogens is 1. The molecule has 24 heavy (non-hydrogen) atoms. The number of nitrogens with zero attached hydrogens (tertiary/aromatic N) is 1. The molecule has 1 aliphatic carbocycles.